The quantitative estimate of drug-likeness (QED) is 0.474. The molecule has 1 atom stereocenters. The first-order valence-electron chi connectivity index (χ1n) is 12.7. The number of nitrogens with zero attached hydrogens (tertiary/aromatic N) is 1. The second-order valence-corrected chi connectivity index (χ2v) is 9.90. The summed E-state index contributed by atoms with van der Waals surface area (Å²) in [5.41, 5.74) is 7.28. The standard InChI is InChI=1S/C30H34N2O3/c1-21-16-22(4-5-25(21)19-32-14-2-3-15-32)17-24-6-10-27(33)18-29(24)23-7-11-28(12-8-23)35-20-26-9-13-30(34)31-26/h4-8,10-12,16,18,26,33H,2-3,9,13-15,17,19-20H2,1H3,(H,31,34). The van der Waals surface area contributed by atoms with Crippen molar-refractivity contribution in [2.24, 2.45) is 0 Å². The van der Waals surface area contributed by atoms with Crippen molar-refractivity contribution < 1.29 is 14.6 Å². The molecule has 182 valence electrons. The topological polar surface area (TPSA) is 61.8 Å². The van der Waals surface area contributed by atoms with E-state index in [-0.39, 0.29) is 17.7 Å². The third-order valence-electron chi connectivity index (χ3n) is 7.19. The Hall–Kier alpha value is -3.31. The second kappa shape index (κ2) is 10.5. The van der Waals surface area contributed by atoms with E-state index < -0.39 is 0 Å². The van der Waals surface area contributed by atoms with Crippen LogP contribution in [0, 0.1) is 6.92 Å². The first-order chi connectivity index (χ1) is 17.0. The van der Waals surface area contributed by atoms with Crippen molar-refractivity contribution in [2.75, 3.05) is 19.7 Å². The van der Waals surface area contributed by atoms with Crippen LogP contribution in [0.3, 0.4) is 0 Å². The van der Waals surface area contributed by atoms with Gasteiger partial charge in [0.1, 0.15) is 18.1 Å². The maximum atomic E-state index is 11.4. The van der Waals surface area contributed by atoms with Gasteiger partial charge in [-0.2, -0.15) is 0 Å². The van der Waals surface area contributed by atoms with E-state index >= 15 is 0 Å². The van der Waals surface area contributed by atoms with Crippen LogP contribution in [-0.4, -0.2) is 41.7 Å². The molecule has 0 aliphatic carbocycles. The Morgan fingerprint density at radius 1 is 1.00 bits per heavy atom. The number of ether oxygens (including phenoxy) is 1. The molecule has 2 heterocycles. The molecule has 1 amide bonds. The van der Waals surface area contributed by atoms with Crippen LogP contribution in [-0.2, 0) is 17.8 Å². The zero-order chi connectivity index (χ0) is 24.2. The average Bonchev–Trinajstić information content (AvgIpc) is 3.52. The van der Waals surface area contributed by atoms with Gasteiger partial charge < -0.3 is 15.2 Å². The maximum absolute atomic E-state index is 11.4. The molecule has 2 fully saturated rings. The van der Waals surface area contributed by atoms with Crippen LogP contribution < -0.4 is 10.1 Å². The predicted octanol–water partition coefficient (Wildman–Crippen LogP) is 5.21. The minimum Gasteiger partial charge on any atom is -0.508 e. The Morgan fingerprint density at radius 2 is 1.77 bits per heavy atom. The van der Waals surface area contributed by atoms with E-state index in [1.54, 1.807) is 6.07 Å². The summed E-state index contributed by atoms with van der Waals surface area (Å²) in [5, 5.41) is 13.1. The minimum absolute atomic E-state index is 0.0880. The molecule has 0 bridgehead atoms. The molecule has 35 heavy (non-hydrogen) atoms. The van der Waals surface area contributed by atoms with Crippen molar-refractivity contribution in [3.05, 3.63) is 82.9 Å². The molecule has 0 radical (unpaired) electrons. The number of carbonyl (C=O) groups excluding carboxylic acids is 1. The highest BCUT2D eigenvalue weighted by Crippen LogP contribution is 2.31. The van der Waals surface area contributed by atoms with Crippen LogP contribution in [0.25, 0.3) is 11.1 Å². The van der Waals surface area contributed by atoms with Gasteiger partial charge in [-0.25, -0.2) is 0 Å². The zero-order valence-electron chi connectivity index (χ0n) is 20.4. The van der Waals surface area contributed by atoms with E-state index in [9.17, 15) is 9.90 Å². The normalized spacial score (nSPS) is 18.1. The molecule has 3 aromatic rings. The molecule has 3 aromatic carbocycles. The Bertz CT molecular complexity index is 1180. The molecular formula is C30H34N2O3. The molecule has 5 nitrogen and oxygen atoms in total. The molecule has 2 aliphatic rings. The lowest BCUT2D eigenvalue weighted by molar-refractivity contribution is -0.119. The number of rotatable bonds is 8. The number of carbonyl (C=O) groups is 1. The lowest BCUT2D eigenvalue weighted by Crippen LogP contribution is -2.30. The Kier molecular flexibility index (Phi) is 7.05. The van der Waals surface area contributed by atoms with Crippen molar-refractivity contribution in [2.45, 2.75) is 51.6 Å². The number of aromatic hydroxyl groups is 1. The van der Waals surface area contributed by atoms with Gasteiger partial charge in [0.25, 0.3) is 0 Å². The summed E-state index contributed by atoms with van der Waals surface area (Å²) >= 11 is 0. The number of phenolic OH excluding ortho intramolecular Hbond substituents is 1. The second-order valence-electron chi connectivity index (χ2n) is 9.90. The van der Waals surface area contributed by atoms with Gasteiger partial charge in [0.15, 0.2) is 0 Å². The smallest absolute Gasteiger partial charge is 0.220 e. The summed E-state index contributed by atoms with van der Waals surface area (Å²) in [4.78, 5) is 13.9. The monoisotopic (exact) mass is 470 g/mol. The Balaban J connectivity index is 1.29. The predicted molar refractivity (Wildman–Crippen MR) is 139 cm³/mol. The third-order valence-corrected chi connectivity index (χ3v) is 7.19. The summed E-state index contributed by atoms with van der Waals surface area (Å²) in [7, 11) is 0. The summed E-state index contributed by atoms with van der Waals surface area (Å²) in [6.45, 7) is 6.15. The summed E-state index contributed by atoms with van der Waals surface area (Å²) in [6.07, 6.45) is 4.83. The highest BCUT2D eigenvalue weighted by molar-refractivity contribution is 5.78. The molecular weight excluding hydrogens is 436 g/mol. The van der Waals surface area contributed by atoms with E-state index in [0.29, 0.717) is 13.0 Å². The number of amides is 1. The van der Waals surface area contributed by atoms with Gasteiger partial charge in [-0.05, 0) is 103 Å². The fraction of sp³-hybridized carbons (Fsp3) is 0.367. The molecule has 2 aliphatic heterocycles. The van der Waals surface area contributed by atoms with Crippen LogP contribution in [0.1, 0.15) is 47.9 Å². The number of nitrogens with one attached hydrogen (secondary N) is 1. The molecule has 0 spiro atoms. The number of likely N-dealkylation sites (tertiary alicyclic amines) is 1. The summed E-state index contributed by atoms with van der Waals surface area (Å²) in [6, 6.07) is 20.5. The van der Waals surface area contributed by atoms with Gasteiger partial charge in [0.05, 0.1) is 6.04 Å². The molecule has 0 aromatic heterocycles. The number of benzene rings is 3. The molecule has 2 saturated heterocycles. The Labute approximate surface area is 207 Å². The SMILES string of the molecule is Cc1cc(Cc2ccc(O)cc2-c2ccc(OCC3CCC(=O)N3)cc2)ccc1CN1CCCC1. The fourth-order valence-corrected chi connectivity index (χ4v) is 5.16. The zero-order valence-corrected chi connectivity index (χ0v) is 20.4. The lowest BCUT2D eigenvalue weighted by Gasteiger charge is -2.17. The van der Waals surface area contributed by atoms with Crippen molar-refractivity contribution >= 4 is 5.91 Å². The minimum atomic E-state index is 0.0880. The van der Waals surface area contributed by atoms with Gasteiger partial charge >= 0.3 is 0 Å². The molecule has 0 saturated carbocycles. The highest BCUT2D eigenvalue weighted by atomic mass is 16.5. The first kappa shape index (κ1) is 23.4. The molecule has 1 unspecified atom stereocenters. The largest absolute Gasteiger partial charge is 0.508 e. The Morgan fingerprint density at radius 3 is 2.49 bits per heavy atom. The highest BCUT2D eigenvalue weighted by Gasteiger charge is 2.21. The number of aryl methyl sites for hydroxylation is 1. The van der Waals surface area contributed by atoms with Gasteiger partial charge in [0.2, 0.25) is 5.91 Å². The maximum Gasteiger partial charge on any atom is 0.220 e. The van der Waals surface area contributed by atoms with E-state index in [0.717, 1.165) is 36.3 Å². The van der Waals surface area contributed by atoms with Crippen LogP contribution in [0.15, 0.2) is 60.7 Å². The molecule has 5 heteroatoms. The van der Waals surface area contributed by atoms with Crippen molar-refractivity contribution in [3.8, 4) is 22.6 Å². The molecule has 5 rings (SSSR count). The van der Waals surface area contributed by atoms with Crippen LogP contribution in [0.5, 0.6) is 11.5 Å². The van der Waals surface area contributed by atoms with Crippen LogP contribution in [0.2, 0.25) is 0 Å². The van der Waals surface area contributed by atoms with Crippen LogP contribution in [0.4, 0.5) is 0 Å². The van der Waals surface area contributed by atoms with Crippen molar-refractivity contribution in [1.29, 1.82) is 0 Å². The van der Waals surface area contributed by atoms with Crippen LogP contribution >= 0.6 is 0 Å². The third kappa shape index (κ3) is 5.85. The van der Waals surface area contributed by atoms with Gasteiger partial charge in [-0.15, -0.1) is 0 Å². The molecule has 2 N–H and O–H groups in total. The number of hydrogen-bond acceptors (Lipinski definition) is 4. The van der Waals surface area contributed by atoms with Gasteiger partial charge in [-0.1, -0.05) is 36.4 Å². The van der Waals surface area contributed by atoms with E-state index in [1.807, 2.05) is 36.4 Å². The van der Waals surface area contributed by atoms with E-state index in [1.165, 1.54) is 48.2 Å². The first-order valence-corrected chi connectivity index (χ1v) is 12.7. The lowest BCUT2D eigenvalue weighted by atomic mass is 9.93. The van der Waals surface area contributed by atoms with Crippen molar-refractivity contribution in [3.63, 3.8) is 0 Å². The van der Waals surface area contributed by atoms with E-state index in [4.69, 9.17) is 4.74 Å². The van der Waals surface area contributed by atoms with Gasteiger partial charge in [-0.3, -0.25) is 9.69 Å². The average molecular weight is 471 g/mol. The number of hydrogen-bond donors (Lipinski definition) is 2. The summed E-state index contributed by atoms with van der Waals surface area (Å²) < 4.78 is 5.88. The van der Waals surface area contributed by atoms with Crippen molar-refractivity contribution in [1.82, 2.24) is 10.2 Å². The summed E-state index contributed by atoms with van der Waals surface area (Å²) in [5.74, 6) is 1.14. The van der Waals surface area contributed by atoms with Gasteiger partial charge in [0, 0.05) is 13.0 Å². The fourth-order valence-electron chi connectivity index (χ4n) is 5.16. The van der Waals surface area contributed by atoms with E-state index in [2.05, 4.69) is 35.3 Å². The number of phenols is 1.